The second kappa shape index (κ2) is 9.60. The highest BCUT2D eigenvalue weighted by atomic mass is 19.1. The van der Waals surface area contributed by atoms with Crippen LogP contribution in [0.15, 0.2) is 72.1 Å². The number of ether oxygens (including phenoxy) is 2. The number of methoxy groups -OCH3 is 2. The molecule has 5 nitrogen and oxygen atoms in total. The van der Waals surface area contributed by atoms with Crippen LogP contribution in [-0.2, 0) is 25.6 Å². The minimum absolute atomic E-state index is 0.324. The number of carbonyl (C=O) groups is 2. The number of hydrogen-bond donors (Lipinski definition) is 0. The van der Waals surface area contributed by atoms with Gasteiger partial charge in [0.1, 0.15) is 5.82 Å². The fourth-order valence-electron chi connectivity index (χ4n) is 3.61. The summed E-state index contributed by atoms with van der Waals surface area (Å²) in [6, 6.07) is 13.9. The van der Waals surface area contributed by atoms with Gasteiger partial charge in [-0.25, -0.2) is 14.0 Å². The van der Waals surface area contributed by atoms with Crippen molar-refractivity contribution in [3.05, 3.63) is 94.6 Å². The summed E-state index contributed by atoms with van der Waals surface area (Å²) in [5, 5.41) is 0. The van der Waals surface area contributed by atoms with Gasteiger partial charge in [0, 0.05) is 18.9 Å². The van der Waals surface area contributed by atoms with Gasteiger partial charge in [-0.2, -0.15) is 0 Å². The Labute approximate surface area is 181 Å². The molecule has 0 spiro atoms. The molecule has 1 aliphatic rings. The predicted molar refractivity (Wildman–Crippen MR) is 115 cm³/mol. The standard InChI is InChI=1S/C25H26FNO4/c1-16(2)18-7-9-19(10-8-18)23-21(24(28)30-3)14-27(15-22(23)25(29)31-4)13-17-5-11-20(26)12-6-17/h5-12,14-16,23H,13H2,1-4H3. The lowest BCUT2D eigenvalue weighted by molar-refractivity contribution is -0.137. The number of carbonyl (C=O) groups excluding carboxylic acids is 2. The molecule has 6 heteroatoms. The van der Waals surface area contributed by atoms with Crippen LogP contribution in [0.4, 0.5) is 4.39 Å². The van der Waals surface area contributed by atoms with Gasteiger partial charge in [-0.05, 0) is 34.7 Å². The van der Waals surface area contributed by atoms with Crippen molar-refractivity contribution in [3.8, 4) is 0 Å². The smallest absolute Gasteiger partial charge is 0.336 e. The molecule has 2 aromatic rings. The molecule has 1 heterocycles. The zero-order chi connectivity index (χ0) is 22.5. The molecule has 0 unspecified atom stereocenters. The number of nitrogens with zero attached hydrogens (tertiary/aromatic N) is 1. The van der Waals surface area contributed by atoms with Gasteiger partial charge in [0.25, 0.3) is 0 Å². The molecule has 2 aromatic carbocycles. The Balaban J connectivity index is 2.04. The minimum atomic E-state index is -0.620. The normalized spacial score (nSPS) is 14.2. The zero-order valence-electron chi connectivity index (χ0n) is 18.1. The Hall–Kier alpha value is -3.41. The first kappa shape index (κ1) is 22.3. The van der Waals surface area contributed by atoms with E-state index in [4.69, 9.17) is 9.47 Å². The van der Waals surface area contributed by atoms with Crippen molar-refractivity contribution in [2.75, 3.05) is 14.2 Å². The van der Waals surface area contributed by atoms with E-state index < -0.39 is 17.9 Å². The largest absolute Gasteiger partial charge is 0.466 e. The van der Waals surface area contributed by atoms with Crippen molar-refractivity contribution in [1.82, 2.24) is 4.90 Å². The van der Waals surface area contributed by atoms with Crippen LogP contribution in [0, 0.1) is 5.82 Å². The molecule has 0 bridgehead atoms. The van der Waals surface area contributed by atoms with Crippen molar-refractivity contribution in [2.24, 2.45) is 0 Å². The maximum atomic E-state index is 13.2. The van der Waals surface area contributed by atoms with E-state index in [0.29, 0.717) is 23.6 Å². The van der Waals surface area contributed by atoms with Crippen molar-refractivity contribution < 1.29 is 23.5 Å². The summed E-state index contributed by atoms with van der Waals surface area (Å²) in [6.45, 7) is 4.55. The highest BCUT2D eigenvalue weighted by Crippen LogP contribution is 2.37. The SMILES string of the molecule is COC(=O)C1=CN(Cc2ccc(F)cc2)C=C(C(=O)OC)C1c1ccc(C(C)C)cc1. The predicted octanol–water partition coefficient (Wildman–Crippen LogP) is 4.66. The maximum Gasteiger partial charge on any atom is 0.336 e. The van der Waals surface area contributed by atoms with E-state index in [0.717, 1.165) is 16.7 Å². The Morgan fingerprint density at radius 2 is 1.42 bits per heavy atom. The molecule has 162 valence electrons. The van der Waals surface area contributed by atoms with E-state index in [2.05, 4.69) is 13.8 Å². The Morgan fingerprint density at radius 3 is 1.87 bits per heavy atom. The van der Waals surface area contributed by atoms with Crippen molar-refractivity contribution in [3.63, 3.8) is 0 Å². The second-order valence-electron chi connectivity index (χ2n) is 7.71. The van der Waals surface area contributed by atoms with Gasteiger partial charge in [-0.15, -0.1) is 0 Å². The number of benzene rings is 2. The molecule has 0 aliphatic carbocycles. The third-order valence-electron chi connectivity index (χ3n) is 5.29. The summed E-state index contributed by atoms with van der Waals surface area (Å²) in [7, 11) is 2.62. The molecule has 0 fully saturated rings. The lowest BCUT2D eigenvalue weighted by atomic mass is 9.82. The first-order valence-corrected chi connectivity index (χ1v) is 10.0. The molecule has 0 N–H and O–H groups in total. The average Bonchev–Trinajstić information content (AvgIpc) is 2.79. The lowest BCUT2D eigenvalue weighted by Gasteiger charge is -2.30. The fraction of sp³-hybridized carbons (Fsp3) is 0.280. The molecular formula is C25H26FNO4. The number of hydrogen-bond acceptors (Lipinski definition) is 5. The van der Waals surface area contributed by atoms with Crippen LogP contribution in [0.2, 0.25) is 0 Å². The van der Waals surface area contributed by atoms with Gasteiger partial charge in [0.2, 0.25) is 0 Å². The van der Waals surface area contributed by atoms with Crippen LogP contribution in [0.3, 0.4) is 0 Å². The molecule has 3 rings (SSSR count). The summed E-state index contributed by atoms with van der Waals surface area (Å²) < 4.78 is 23.3. The van der Waals surface area contributed by atoms with Gasteiger partial charge in [0.05, 0.1) is 31.3 Å². The van der Waals surface area contributed by atoms with E-state index in [9.17, 15) is 14.0 Å². The maximum absolute atomic E-state index is 13.2. The van der Waals surface area contributed by atoms with Gasteiger partial charge in [-0.1, -0.05) is 50.2 Å². The number of halogens is 1. The van der Waals surface area contributed by atoms with Gasteiger partial charge >= 0.3 is 11.9 Å². The number of rotatable bonds is 6. The average molecular weight is 423 g/mol. The van der Waals surface area contributed by atoms with Crippen molar-refractivity contribution in [2.45, 2.75) is 32.2 Å². The minimum Gasteiger partial charge on any atom is -0.466 e. The summed E-state index contributed by atoms with van der Waals surface area (Å²) in [6.07, 6.45) is 3.34. The summed E-state index contributed by atoms with van der Waals surface area (Å²) in [5.41, 5.74) is 3.42. The van der Waals surface area contributed by atoms with Crippen LogP contribution in [0.5, 0.6) is 0 Å². The molecule has 0 saturated heterocycles. The van der Waals surface area contributed by atoms with Gasteiger partial charge in [0.15, 0.2) is 0 Å². The third-order valence-corrected chi connectivity index (χ3v) is 5.29. The summed E-state index contributed by atoms with van der Waals surface area (Å²) in [5.74, 6) is -1.65. The molecule has 31 heavy (non-hydrogen) atoms. The summed E-state index contributed by atoms with van der Waals surface area (Å²) in [4.78, 5) is 27.1. The Morgan fingerprint density at radius 1 is 0.903 bits per heavy atom. The van der Waals surface area contributed by atoms with E-state index in [1.807, 2.05) is 24.3 Å². The van der Waals surface area contributed by atoms with Gasteiger partial charge in [-0.3, -0.25) is 0 Å². The molecule has 0 aromatic heterocycles. The fourth-order valence-corrected chi connectivity index (χ4v) is 3.61. The monoisotopic (exact) mass is 423 g/mol. The molecule has 0 radical (unpaired) electrons. The molecule has 0 saturated carbocycles. The molecular weight excluding hydrogens is 397 g/mol. The Bertz CT molecular complexity index is 973. The van der Waals surface area contributed by atoms with E-state index in [1.54, 1.807) is 29.4 Å². The second-order valence-corrected chi connectivity index (χ2v) is 7.71. The van der Waals surface area contributed by atoms with Crippen LogP contribution < -0.4 is 0 Å². The van der Waals surface area contributed by atoms with Gasteiger partial charge < -0.3 is 14.4 Å². The quantitative estimate of drug-likeness (QED) is 0.633. The topological polar surface area (TPSA) is 55.8 Å². The first-order chi connectivity index (χ1) is 14.8. The van der Waals surface area contributed by atoms with Crippen LogP contribution in [0.1, 0.15) is 42.4 Å². The van der Waals surface area contributed by atoms with Crippen molar-refractivity contribution >= 4 is 11.9 Å². The van der Waals surface area contributed by atoms with Crippen molar-refractivity contribution in [1.29, 1.82) is 0 Å². The zero-order valence-corrected chi connectivity index (χ0v) is 18.1. The number of esters is 2. The Kier molecular flexibility index (Phi) is 6.90. The first-order valence-electron chi connectivity index (χ1n) is 10.0. The molecule has 0 atom stereocenters. The lowest BCUT2D eigenvalue weighted by Crippen LogP contribution is -2.28. The highest BCUT2D eigenvalue weighted by Gasteiger charge is 2.35. The highest BCUT2D eigenvalue weighted by molar-refractivity contribution is 5.98. The molecule has 0 amide bonds. The summed E-state index contributed by atoms with van der Waals surface area (Å²) >= 11 is 0. The molecule has 1 aliphatic heterocycles. The van der Waals surface area contributed by atoms with Crippen LogP contribution in [-0.4, -0.2) is 31.1 Å². The van der Waals surface area contributed by atoms with E-state index in [1.165, 1.54) is 26.4 Å². The third kappa shape index (κ3) is 5.02. The van der Waals surface area contributed by atoms with Crippen LogP contribution in [0.25, 0.3) is 0 Å². The van der Waals surface area contributed by atoms with E-state index in [-0.39, 0.29) is 5.82 Å². The van der Waals surface area contributed by atoms with Crippen LogP contribution >= 0.6 is 0 Å². The van der Waals surface area contributed by atoms with E-state index >= 15 is 0 Å².